The Morgan fingerprint density at radius 1 is 1.19 bits per heavy atom. The normalized spacial score (nSPS) is 10.3. The summed E-state index contributed by atoms with van der Waals surface area (Å²) in [4.78, 5) is 37.5. The molecule has 1 heterocycles. The molecule has 0 spiro atoms. The number of halogens is 1. The van der Waals surface area contributed by atoms with E-state index in [0.29, 0.717) is 10.4 Å². The first-order chi connectivity index (χ1) is 12.9. The molecule has 0 aliphatic carbocycles. The minimum atomic E-state index is -0.614. The molecule has 0 aliphatic rings. The summed E-state index contributed by atoms with van der Waals surface area (Å²) in [5.41, 5.74) is 0.581. The summed E-state index contributed by atoms with van der Waals surface area (Å²) in [5, 5.41) is 1.79. The average Bonchev–Trinajstić information content (AvgIpc) is 3.19. The van der Waals surface area contributed by atoms with Gasteiger partial charge in [-0.1, -0.05) is 12.1 Å². The smallest absolute Gasteiger partial charge is 0.306 e. The summed E-state index contributed by atoms with van der Waals surface area (Å²) >= 11 is 1.31. The number of nitrogens with zero attached hydrogens (tertiary/aromatic N) is 1. The molecule has 0 aliphatic heterocycles. The van der Waals surface area contributed by atoms with Gasteiger partial charge in [0, 0.05) is 20.0 Å². The highest BCUT2D eigenvalue weighted by atomic mass is 32.1. The summed E-state index contributed by atoms with van der Waals surface area (Å²) in [7, 11) is 2.90. The number of ketones is 1. The van der Waals surface area contributed by atoms with Gasteiger partial charge in [-0.15, -0.1) is 11.3 Å². The zero-order valence-electron chi connectivity index (χ0n) is 15.1. The highest BCUT2D eigenvalue weighted by Crippen LogP contribution is 2.18. The summed E-state index contributed by atoms with van der Waals surface area (Å²) < 4.78 is 23.4. The number of likely N-dealkylation sites (N-methyl/N-ethyl adjacent to an activating group) is 1. The van der Waals surface area contributed by atoms with Crippen molar-refractivity contribution in [2.75, 3.05) is 20.8 Å². The summed E-state index contributed by atoms with van der Waals surface area (Å²) in [5.74, 6) is -1.57. The maximum absolute atomic E-state index is 13.7. The van der Waals surface area contributed by atoms with Crippen molar-refractivity contribution in [3.8, 4) is 5.75 Å². The number of carbonyl (C=O) groups is 3. The largest absolute Gasteiger partial charge is 0.494 e. The Morgan fingerprint density at radius 3 is 2.59 bits per heavy atom. The molecule has 1 aromatic carbocycles. The summed E-state index contributed by atoms with van der Waals surface area (Å²) in [6.07, 6.45) is -0.0497. The van der Waals surface area contributed by atoms with Crippen LogP contribution in [0.4, 0.5) is 4.39 Å². The predicted octanol–water partition coefficient (Wildman–Crippen LogP) is 3.06. The van der Waals surface area contributed by atoms with Gasteiger partial charge in [0.25, 0.3) is 5.91 Å². The molecular formula is C19H20FNO5S. The summed E-state index contributed by atoms with van der Waals surface area (Å²) in [6, 6.07) is 7.87. The molecule has 1 amide bonds. The lowest BCUT2D eigenvalue weighted by Crippen LogP contribution is -2.30. The first-order valence-electron chi connectivity index (χ1n) is 8.19. The second-order valence-corrected chi connectivity index (χ2v) is 6.73. The number of methoxy groups -OCH3 is 1. The van der Waals surface area contributed by atoms with Crippen LogP contribution in [-0.4, -0.2) is 43.3 Å². The molecule has 0 bridgehead atoms. The van der Waals surface area contributed by atoms with E-state index in [4.69, 9.17) is 9.47 Å². The first kappa shape index (κ1) is 20.6. The molecule has 0 saturated heterocycles. The molecule has 0 unspecified atom stereocenters. The predicted molar refractivity (Wildman–Crippen MR) is 98.3 cm³/mol. The lowest BCUT2D eigenvalue weighted by Gasteiger charge is -2.17. The quantitative estimate of drug-likeness (QED) is 0.484. The zero-order chi connectivity index (χ0) is 19.8. The molecule has 0 radical (unpaired) electrons. The maximum Gasteiger partial charge on any atom is 0.306 e. The van der Waals surface area contributed by atoms with Gasteiger partial charge in [0.05, 0.1) is 18.4 Å². The van der Waals surface area contributed by atoms with Gasteiger partial charge in [-0.3, -0.25) is 14.4 Å². The molecule has 6 nitrogen and oxygen atoms in total. The van der Waals surface area contributed by atoms with E-state index in [9.17, 15) is 18.8 Å². The first-order valence-corrected chi connectivity index (χ1v) is 9.07. The number of hydrogen-bond donors (Lipinski definition) is 0. The van der Waals surface area contributed by atoms with E-state index in [1.807, 2.05) is 0 Å². The van der Waals surface area contributed by atoms with Crippen LogP contribution >= 0.6 is 11.3 Å². The summed E-state index contributed by atoms with van der Waals surface area (Å²) in [6.45, 7) is -0.269. The highest BCUT2D eigenvalue weighted by molar-refractivity contribution is 7.12. The van der Waals surface area contributed by atoms with Crippen molar-refractivity contribution in [1.82, 2.24) is 4.90 Å². The molecule has 8 heteroatoms. The number of amides is 1. The average molecular weight is 393 g/mol. The van der Waals surface area contributed by atoms with Crippen LogP contribution in [0, 0.1) is 5.82 Å². The van der Waals surface area contributed by atoms with Crippen LogP contribution in [0.5, 0.6) is 5.75 Å². The third kappa shape index (κ3) is 6.18. The Bertz CT molecular complexity index is 806. The Labute approximate surface area is 160 Å². The van der Waals surface area contributed by atoms with E-state index in [0.717, 1.165) is 0 Å². The lowest BCUT2D eigenvalue weighted by atomic mass is 10.2. The van der Waals surface area contributed by atoms with Crippen molar-refractivity contribution in [3.63, 3.8) is 0 Å². The SMILES string of the molecule is COc1ccc(CN(C)C(=O)COC(=O)CCC(=O)c2cccs2)cc1F. The molecule has 2 rings (SSSR count). The van der Waals surface area contributed by atoms with Gasteiger partial charge in [0.1, 0.15) is 0 Å². The van der Waals surface area contributed by atoms with Crippen LogP contribution < -0.4 is 4.74 Å². The number of thiophene rings is 1. The number of benzene rings is 1. The molecule has 27 heavy (non-hydrogen) atoms. The van der Waals surface area contributed by atoms with Crippen molar-refractivity contribution in [2.45, 2.75) is 19.4 Å². The van der Waals surface area contributed by atoms with Crippen molar-refractivity contribution >= 4 is 29.0 Å². The Kier molecular flexibility index (Phi) is 7.48. The third-order valence-electron chi connectivity index (χ3n) is 3.77. The van der Waals surface area contributed by atoms with E-state index < -0.39 is 24.3 Å². The van der Waals surface area contributed by atoms with Gasteiger partial charge >= 0.3 is 5.97 Å². The molecule has 0 saturated carbocycles. The van der Waals surface area contributed by atoms with Gasteiger partial charge in [-0.25, -0.2) is 4.39 Å². The fourth-order valence-corrected chi connectivity index (χ4v) is 2.97. The van der Waals surface area contributed by atoms with Gasteiger partial charge in [0.15, 0.2) is 24.0 Å². The second kappa shape index (κ2) is 9.82. The van der Waals surface area contributed by atoms with E-state index in [1.54, 1.807) is 23.6 Å². The van der Waals surface area contributed by atoms with E-state index in [-0.39, 0.29) is 30.9 Å². The van der Waals surface area contributed by atoms with Crippen molar-refractivity contribution in [1.29, 1.82) is 0 Å². The van der Waals surface area contributed by atoms with Crippen LogP contribution in [0.15, 0.2) is 35.7 Å². The van der Waals surface area contributed by atoms with E-state index >= 15 is 0 Å². The lowest BCUT2D eigenvalue weighted by molar-refractivity contribution is -0.151. The van der Waals surface area contributed by atoms with Crippen LogP contribution in [0.25, 0.3) is 0 Å². The molecule has 0 N–H and O–H groups in total. The molecule has 2 aromatic rings. The topological polar surface area (TPSA) is 72.9 Å². The van der Waals surface area contributed by atoms with Crippen LogP contribution in [0.3, 0.4) is 0 Å². The van der Waals surface area contributed by atoms with Crippen LogP contribution in [0.2, 0.25) is 0 Å². The van der Waals surface area contributed by atoms with Crippen molar-refractivity contribution < 1.29 is 28.2 Å². The molecular weight excluding hydrogens is 373 g/mol. The number of carbonyl (C=O) groups excluding carboxylic acids is 3. The van der Waals surface area contributed by atoms with E-state index in [2.05, 4.69) is 0 Å². The Hall–Kier alpha value is -2.74. The fourth-order valence-electron chi connectivity index (χ4n) is 2.27. The van der Waals surface area contributed by atoms with Gasteiger partial charge in [-0.05, 0) is 29.1 Å². The number of ether oxygens (including phenoxy) is 2. The van der Waals surface area contributed by atoms with Gasteiger partial charge in [-0.2, -0.15) is 0 Å². The minimum absolute atomic E-state index is 0.0362. The number of esters is 1. The van der Waals surface area contributed by atoms with Crippen molar-refractivity contribution in [3.05, 3.63) is 52.0 Å². The van der Waals surface area contributed by atoms with Gasteiger partial charge in [0.2, 0.25) is 0 Å². The van der Waals surface area contributed by atoms with Gasteiger partial charge < -0.3 is 14.4 Å². The fraction of sp³-hybridized carbons (Fsp3) is 0.316. The molecule has 0 fully saturated rings. The molecule has 144 valence electrons. The van der Waals surface area contributed by atoms with Crippen LogP contribution in [0.1, 0.15) is 28.1 Å². The molecule has 0 atom stereocenters. The third-order valence-corrected chi connectivity index (χ3v) is 4.68. The number of Topliss-reactive ketones (excluding diaryl/α,β-unsaturated/α-hetero) is 1. The maximum atomic E-state index is 13.7. The second-order valence-electron chi connectivity index (χ2n) is 5.78. The van der Waals surface area contributed by atoms with E-state index in [1.165, 1.54) is 42.5 Å². The molecule has 1 aromatic heterocycles. The zero-order valence-corrected chi connectivity index (χ0v) is 15.9. The monoisotopic (exact) mass is 393 g/mol. The standard InChI is InChI=1S/C19H20FNO5S/c1-21(11-13-5-7-16(25-2)14(20)10-13)18(23)12-26-19(24)8-6-15(22)17-4-3-9-27-17/h3-5,7,9-10H,6,8,11-12H2,1-2H3. The Morgan fingerprint density at radius 2 is 1.96 bits per heavy atom. The highest BCUT2D eigenvalue weighted by Gasteiger charge is 2.15. The number of hydrogen-bond acceptors (Lipinski definition) is 6. The Balaban J connectivity index is 1.74. The van der Waals surface area contributed by atoms with Crippen molar-refractivity contribution in [2.24, 2.45) is 0 Å². The van der Waals surface area contributed by atoms with Crippen LogP contribution in [-0.2, 0) is 20.9 Å². The minimum Gasteiger partial charge on any atom is -0.494 e. The number of rotatable bonds is 9.